The summed E-state index contributed by atoms with van der Waals surface area (Å²) in [4.78, 5) is 39.2. The molecular weight excluding hydrogens is 274 g/mol. The fourth-order valence-corrected chi connectivity index (χ4v) is 2.87. The summed E-state index contributed by atoms with van der Waals surface area (Å²) in [6.07, 6.45) is 0.515. The Kier molecular flexibility index (Phi) is 4.16. The van der Waals surface area contributed by atoms with E-state index >= 15 is 0 Å². The van der Waals surface area contributed by atoms with E-state index in [1.54, 1.807) is 13.8 Å². The van der Waals surface area contributed by atoms with Gasteiger partial charge in [-0.3, -0.25) is 9.59 Å². The summed E-state index contributed by atoms with van der Waals surface area (Å²) in [5.41, 5.74) is 1.93. The van der Waals surface area contributed by atoms with Crippen molar-refractivity contribution in [2.45, 2.75) is 27.2 Å². The summed E-state index contributed by atoms with van der Waals surface area (Å²) >= 11 is 0. The van der Waals surface area contributed by atoms with Crippen LogP contribution in [-0.2, 0) is 20.7 Å². The standard InChI is InChI=1S/C15H19NO5/c1-5-21-15(19)12-8(3)11-9(16-12)6-7(2)10(13(11)17)14(18)20-4/h7,10,16H,5-6H2,1-4H3/t7-,10+/m0/s1. The maximum absolute atomic E-state index is 12.6. The first kappa shape index (κ1) is 15.3. The molecule has 0 amide bonds. The van der Waals surface area contributed by atoms with E-state index in [1.807, 2.05) is 6.92 Å². The Hall–Kier alpha value is -2.11. The molecule has 0 saturated heterocycles. The minimum absolute atomic E-state index is 0.175. The van der Waals surface area contributed by atoms with Gasteiger partial charge in [0, 0.05) is 11.3 Å². The first-order valence-corrected chi connectivity index (χ1v) is 6.92. The summed E-state index contributed by atoms with van der Waals surface area (Å²) in [5.74, 6) is -2.30. The number of nitrogens with one attached hydrogen (secondary N) is 1. The van der Waals surface area contributed by atoms with Crippen molar-refractivity contribution in [1.29, 1.82) is 0 Å². The number of hydrogen-bond donors (Lipinski definition) is 1. The lowest BCUT2D eigenvalue weighted by Gasteiger charge is -2.25. The second-order valence-corrected chi connectivity index (χ2v) is 5.25. The van der Waals surface area contributed by atoms with E-state index in [9.17, 15) is 14.4 Å². The van der Waals surface area contributed by atoms with E-state index < -0.39 is 17.9 Å². The van der Waals surface area contributed by atoms with Gasteiger partial charge in [-0.1, -0.05) is 6.92 Å². The van der Waals surface area contributed by atoms with Gasteiger partial charge < -0.3 is 14.5 Å². The minimum atomic E-state index is -0.813. The third-order valence-electron chi connectivity index (χ3n) is 3.89. The van der Waals surface area contributed by atoms with Gasteiger partial charge in [-0.2, -0.15) is 0 Å². The van der Waals surface area contributed by atoms with Crippen LogP contribution in [0.2, 0.25) is 0 Å². The normalized spacial score (nSPS) is 20.9. The SMILES string of the molecule is CCOC(=O)c1[nH]c2c(c1C)C(=O)[C@H](C(=O)OC)[C@@H](C)C2. The predicted octanol–water partition coefficient (Wildman–Crippen LogP) is 1.66. The molecule has 1 heterocycles. The maximum atomic E-state index is 12.6. The number of ether oxygens (including phenoxy) is 2. The molecule has 114 valence electrons. The Morgan fingerprint density at radius 3 is 2.62 bits per heavy atom. The number of aromatic nitrogens is 1. The van der Waals surface area contributed by atoms with Crippen LogP contribution in [0.3, 0.4) is 0 Å². The topological polar surface area (TPSA) is 85.5 Å². The van der Waals surface area contributed by atoms with Crippen molar-refractivity contribution in [1.82, 2.24) is 4.98 Å². The lowest BCUT2D eigenvalue weighted by atomic mass is 9.77. The molecule has 1 aromatic heterocycles. The monoisotopic (exact) mass is 293 g/mol. The molecule has 1 aromatic rings. The van der Waals surface area contributed by atoms with E-state index in [0.29, 0.717) is 23.2 Å². The number of H-pyrrole nitrogens is 1. The van der Waals surface area contributed by atoms with Crippen LogP contribution in [0, 0.1) is 18.8 Å². The number of esters is 2. The second kappa shape index (κ2) is 5.71. The van der Waals surface area contributed by atoms with E-state index in [2.05, 4.69) is 4.98 Å². The molecule has 6 heteroatoms. The zero-order chi connectivity index (χ0) is 15.7. The van der Waals surface area contributed by atoms with Crippen LogP contribution >= 0.6 is 0 Å². The van der Waals surface area contributed by atoms with Crippen molar-refractivity contribution >= 4 is 17.7 Å². The molecule has 0 fully saturated rings. The van der Waals surface area contributed by atoms with Crippen molar-refractivity contribution in [3.8, 4) is 0 Å². The fraction of sp³-hybridized carbons (Fsp3) is 0.533. The maximum Gasteiger partial charge on any atom is 0.355 e. The molecule has 2 rings (SSSR count). The quantitative estimate of drug-likeness (QED) is 0.676. The molecule has 0 radical (unpaired) electrons. The number of carbonyl (C=O) groups is 3. The van der Waals surface area contributed by atoms with Crippen LogP contribution < -0.4 is 0 Å². The van der Waals surface area contributed by atoms with Crippen molar-refractivity contribution in [3.63, 3.8) is 0 Å². The molecule has 6 nitrogen and oxygen atoms in total. The molecule has 21 heavy (non-hydrogen) atoms. The molecule has 1 N–H and O–H groups in total. The number of ketones is 1. The van der Waals surface area contributed by atoms with Gasteiger partial charge in [0.05, 0.1) is 13.7 Å². The highest BCUT2D eigenvalue weighted by Gasteiger charge is 2.41. The van der Waals surface area contributed by atoms with E-state index in [0.717, 1.165) is 0 Å². The molecule has 0 saturated carbocycles. The molecule has 1 aliphatic carbocycles. The summed E-state index contributed by atoms with van der Waals surface area (Å²) in [6, 6.07) is 0. The Labute approximate surface area is 122 Å². The van der Waals surface area contributed by atoms with Gasteiger partial charge in [0.2, 0.25) is 0 Å². The predicted molar refractivity (Wildman–Crippen MR) is 74.2 cm³/mol. The number of rotatable bonds is 3. The van der Waals surface area contributed by atoms with Gasteiger partial charge in [0.1, 0.15) is 11.6 Å². The van der Waals surface area contributed by atoms with Crippen molar-refractivity contribution in [2.75, 3.05) is 13.7 Å². The van der Waals surface area contributed by atoms with Gasteiger partial charge in [-0.05, 0) is 31.7 Å². The van der Waals surface area contributed by atoms with E-state index in [4.69, 9.17) is 9.47 Å². The molecule has 0 aliphatic heterocycles. The molecular formula is C15H19NO5. The average molecular weight is 293 g/mol. The largest absolute Gasteiger partial charge is 0.468 e. The number of fused-ring (bicyclic) bond motifs is 1. The molecule has 2 atom stereocenters. The Morgan fingerprint density at radius 1 is 1.38 bits per heavy atom. The highest BCUT2D eigenvalue weighted by molar-refractivity contribution is 6.12. The molecule has 0 bridgehead atoms. The van der Waals surface area contributed by atoms with Crippen molar-refractivity contribution in [3.05, 3.63) is 22.5 Å². The van der Waals surface area contributed by atoms with E-state index in [1.165, 1.54) is 7.11 Å². The molecule has 0 unspecified atom stereocenters. The van der Waals surface area contributed by atoms with Gasteiger partial charge in [-0.25, -0.2) is 4.79 Å². The van der Waals surface area contributed by atoms with Crippen LogP contribution in [0.25, 0.3) is 0 Å². The highest BCUT2D eigenvalue weighted by atomic mass is 16.5. The van der Waals surface area contributed by atoms with Gasteiger partial charge in [0.25, 0.3) is 0 Å². The third-order valence-corrected chi connectivity index (χ3v) is 3.89. The van der Waals surface area contributed by atoms with Gasteiger partial charge >= 0.3 is 11.9 Å². The van der Waals surface area contributed by atoms with Crippen molar-refractivity contribution < 1.29 is 23.9 Å². The number of aromatic amines is 1. The second-order valence-electron chi connectivity index (χ2n) is 5.25. The zero-order valence-electron chi connectivity index (χ0n) is 12.6. The Morgan fingerprint density at radius 2 is 2.05 bits per heavy atom. The summed E-state index contributed by atoms with van der Waals surface area (Å²) in [7, 11) is 1.27. The van der Waals surface area contributed by atoms with Crippen LogP contribution in [0.15, 0.2) is 0 Å². The first-order chi connectivity index (χ1) is 9.92. The van der Waals surface area contributed by atoms with E-state index in [-0.39, 0.29) is 24.0 Å². The van der Waals surface area contributed by atoms with Crippen molar-refractivity contribution in [2.24, 2.45) is 11.8 Å². The van der Waals surface area contributed by atoms with Gasteiger partial charge in [-0.15, -0.1) is 0 Å². The average Bonchev–Trinajstić information content (AvgIpc) is 2.75. The number of methoxy groups -OCH3 is 1. The lowest BCUT2D eigenvalue weighted by Crippen LogP contribution is -2.36. The highest BCUT2D eigenvalue weighted by Crippen LogP contribution is 2.34. The summed E-state index contributed by atoms with van der Waals surface area (Å²) in [5, 5.41) is 0. The van der Waals surface area contributed by atoms with Crippen LogP contribution in [0.4, 0.5) is 0 Å². The lowest BCUT2D eigenvalue weighted by molar-refractivity contribution is -0.145. The fourth-order valence-electron chi connectivity index (χ4n) is 2.87. The third kappa shape index (κ3) is 2.46. The number of carbonyl (C=O) groups excluding carboxylic acids is 3. The first-order valence-electron chi connectivity index (χ1n) is 6.92. The van der Waals surface area contributed by atoms with Crippen LogP contribution in [0.5, 0.6) is 0 Å². The smallest absolute Gasteiger partial charge is 0.355 e. The summed E-state index contributed by atoms with van der Waals surface area (Å²) < 4.78 is 9.69. The van der Waals surface area contributed by atoms with Crippen LogP contribution in [-0.4, -0.2) is 36.4 Å². The number of Topliss-reactive ketones (excluding diaryl/α,β-unsaturated/α-hetero) is 1. The zero-order valence-corrected chi connectivity index (χ0v) is 12.6. The molecule has 0 spiro atoms. The van der Waals surface area contributed by atoms with Crippen LogP contribution in [0.1, 0.15) is 46.0 Å². The Bertz CT molecular complexity index is 601. The molecule has 0 aromatic carbocycles. The number of hydrogen-bond acceptors (Lipinski definition) is 5. The summed E-state index contributed by atoms with van der Waals surface area (Å²) in [6.45, 7) is 5.49. The molecule has 1 aliphatic rings. The Balaban J connectivity index is 2.45. The van der Waals surface area contributed by atoms with Gasteiger partial charge in [0.15, 0.2) is 5.78 Å². The minimum Gasteiger partial charge on any atom is -0.468 e.